The van der Waals surface area contributed by atoms with Crippen LogP contribution in [0.1, 0.15) is 28.7 Å². The van der Waals surface area contributed by atoms with Crippen LogP contribution < -0.4 is 10.6 Å². The Morgan fingerprint density at radius 2 is 1.89 bits per heavy atom. The van der Waals surface area contributed by atoms with Crippen LogP contribution in [0.4, 0.5) is 0 Å². The van der Waals surface area contributed by atoms with Crippen molar-refractivity contribution in [3.8, 4) is 0 Å². The van der Waals surface area contributed by atoms with Crippen molar-refractivity contribution in [3.05, 3.63) is 34.4 Å². The Morgan fingerprint density at radius 3 is 2.44 bits per heavy atom. The van der Waals surface area contributed by atoms with Gasteiger partial charge in [0.05, 0.1) is 0 Å². The van der Waals surface area contributed by atoms with Gasteiger partial charge in [-0.1, -0.05) is 17.7 Å². The molecule has 0 amide bonds. The van der Waals surface area contributed by atoms with Crippen molar-refractivity contribution in [2.45, 2.75) is 33.7 Å². The molecule has 4 heteroatoms. The molecule has 0 fully saturated rings. The summed E-state index contributed by atoms with van der Waals surface area (Å²) in [5, 5.41) is 6.66. The maximum atomic E-state index is 4.42. The van der Waals surface area contributed by atoms with Crippen molar-refractivity contribution in [1.29, 1.82) is 0 Å². The van der Waals surface area contributed by atoms with Crippen LogP contribution >= 0.6 is 24.0 Å². The first-order valence-electron chi connectivity index (χ1n) is 6.26. The third-order valence-electron chi connectivity index (χ3n) is 3.17. The number of aliphatic imine (C=N–C) groups is 1. The van der Waals surface area contributed by atoms with Crippen LogP contribution in [-0.4, -0.2) is 19.0 Å². The summed E-state index contributed by atoms with van der Waals surface area (Å²) in [7, 11) is 0. The van der Waals surface area contributed by atoms with Crippen molar-refractivity contribution >= 4 is 29.9 Å². The first kappa shape index (κ1) is 15.3. The van der Waals surface area contributed by atoms with E-state index in [0.717, 1.165) is 32.0 Å². The van der Waals surface area contributed by atoms with E-state index in [-0.39, 0.29) is 24.0 Å². The van der Waals surface area contributed by atoms with E-state index in [1.165, 1.54) is 22.3 Å². The molecule has 0 aromatic heterocycles. The zero-order valence-electron chi connectivity index (χ0n) is 11.3. The molecule has 0 aliphatic carbocycles. The standard InChI is InChI=1S/C14H21N3.HI/c1-10-7-11(2)13(12(3)8-10)9-17-14-15-5-4-6-16-14;/h7-8H,4-6,9H2,1-3H3,(H2,15,16,17);1H. The Kier molecular flexibility index (Phi) is 5.91. The molecule has 0 saturated heterocycles. The maximum Gasteiger partial charge on any atom is 0.191 e. The van der Waals surface area contributed by atoms with Gasteiger partial charge < -0.3 is 10.6 Å². The van der Waals surface area contributed by atoms with Gasteiger partial charge in [0.25, 0.3) is 0 Å². The molecule has 1 aromatic carbocycles. The van der Waals surface area contributed by atoms with Gasteiger partial charge in [-0.05, 0) is 43.9 Å². The summed E-state index contributed by atoms with van der Waals surface area (Å²) in [6.45, 7) is 9.30. The number of rotatable bonds is 2. The van der Waals surface area contributed by atoms with Crippen LogP contribution in [-0.2, 0) is 6.54 Å². The number of nitrogens with zero attached hydrogens (tertiary/aromatic N) is 1. The van der Waals surface area contributed by atoms with Gasteiger partial charge in [-0.2, -0.15) is 0 Å². The number of aryl methyl sites for hydroxylation is 3. The summed E-state index contributed by atoms with van der Waals surface area (Å²) < 4.78 is 0. The number of nitrogens with one attached hydrogen (secondary N) is 2. The van der Waals surface area contributed by atoms with Gasteiger partial charge in [0, 0.05) is 19.6 Å². The number of hydrogen-bond acceptors (Lipinski definition) is 3. The fourth-order valence-corrected chi connectivity index (χ4v) is 2.31. The van der Waals surface area contributed by atoms with Crippen molar-refractivity contribution in [2.24, 2.45) is 4.99 Å². The number of hydrogen-bond donors (Lipinski definition) is 2. The highest BCUT2D eigenvalue weighted by Gasteiger charge is 2.06. The van der Waals surface area contributed by atoms with Gasteiger partial charge in [0.1, 0.15) is 0 Å². The molecule has 1 aliphatic rings. The molecular weight excluding hydrogens is 337 g/mol. The second-order valence-electron chi connectivity index (χ2n) is 4.74. The quantitative estimate of drug-likeness (QED) is 0.797. The van der Waals surface area contributed by atoms with Gasteiger partial charge in [-0.15, -0.1) is 24.0 Å². The first-order chi connectivity index (χ1) is 8.16. The van der Waals surface area contributed by atoms with Crippen molar-refractivity contribution in [3.63, 3.8) is 0 Å². The molecule has 0 atom stereocenters. The van der Waals surface area contributed by atoms with Crippen LogP contribution in [0.2, 0.25) is 0 Å². The SMILES string of the molecule is Cc1cc(C)c(CNC2=NCCCN2)c(C)c1.I. The van der Waals surface area contributed by atoms with Crippen molar-refractivity contribution < 1.29 is 0 Å². The molecule has 0 radical (unpaired) electrons. The number of guanidine groups is 1. The molecule has 0 bridgehead atoms. The molecule has 1 aromatic rings. The summed E-state index contributed by atoms with van der Waals surface area (Å²) in [5.74, 6) is 0.940. The van der Waals surface area contributed by atoms with E-state index < -0.39 is 0 Å². The van der Waals surface area contributed by atoms with Crippen LogP contribution in [0.25, 0.3) is 0 Å². The summed E-state index contributed by atoms with van der Waals surface area (Å²) >= 11 is 0. The lowest BCUT2D eigenvalue weighted by molar-refractivity contribution is 0.700. The molecule has 1 aliphatic heterocycles. The van der Waals surface area contributed by atoms with E-state index in [0.29, 0.717) is 0 Å². The Hall–Kier alpha value is -0.780. The monoisotopic (exact) mass is 359 g/mol. The molecule has 100 valence electrons. The fraction of sp³-hybridized carbons (Fsp3) is 0.500. The van der Waals surface area contributed by atoms with Crippen molar-refractivity contribution in [1.82, 2.24) is 10.6 Å². The summed E-state index contributed by atoms with van der Waals surface area (Å²) in [6, 6.07) is 4.47. The van der Waals surface area contributed by atoms with E-state index in [2.05, 4.69) is 48.5 Å². The highest BCUT2D eigenvalue weighted by atomic mass is 127. The summed E-state index contributed by atoms with van der Waals surface area (Å²) in [6.07, 6.45) is 1.13. The maximum absolute atomic E-state index is 4.42. The average molecular weight is 359 g/mol. The van der Waals surface area contributed by atoms with Gasteiger partial charge in [-0.25, -0.2) is 0 Å². The second-order valence-corrected chi connectivity index (χ2v) is 4.74. The summed E-state index contributed by atoms with van der Waals surface area (Å²) in [4.78, 5) is 4.42. The number of benzene rings is 1. The van der Waals surface area contributed by atoms with Gasteiger partial charge in [0.2, 0.25) is 0 Å². The summed E-state index contributed by atoms with van der Waals surface area (Å²) in [5.41, 5.74) is 5.42. The Balaban J connectivity index is 0.00000162. The molecule has 2 N–H and O–H groups in total. The number of halogens is 1. The van der Waals surface area contributed by atoms with Crippen LogP contribution in [0.15, 0.2) is 17.1 Å². The largest absolute Gasteiger partial charge is 0.356 e. The van der Waals surface area contributed by atoms with E-state index in [4.69, 9.17) is 0 Å². The van der Waals surface area contributed by atoms with E-state index in [9.17, 15) is 0 Å². The van der Waals surface area contributed by atoms with E-state index in [1.54, 1.807) is 0 Å². The minimum absolute atomic E-state index is 0. The minimum atomic E-state index is 0. The third kappa shape index (κ3) is 3.86. The first-order valence-corrected chi connectivity index (χ1v) is 6.26. The van der Waals surface area contributed by atoms with Crippen molar-refractivity contribution in [2.75, 3.05) is 13.1 Å². The fourth-order valence-electron chi connectivity index (χ4n) is 2.31. The minimum Gasteiger partial charge on any atom is -0.356 e. The van der Waals surface area contributed by atoms with Crippen LogP contribution in [0.3, 0.4) is 0 Å². The second kappa shape index (κ2) is 6.97. The molecule has 18 heavy (non-hydrogen) atoms. The smallest absolute Gasteiger partial charge is 0.191 e. The van der Waals surface area contributed by atoms with E-state index >= 15 is 0 Å². The van der Waals surface area contributed by atoms with Crippen LogP contribution in [0, 0.1) is 20.8 Å². The molecule has 0 saturated carbocycles. The Bertz CT molecular complexity index is 418. The molecule has 3 nitrogen and oxygen atoms in total. The van der Waals surface area contributed by atoms with E-state index in [1.807, 2.05) is 0 Å². The lowest BCUT2D eigenvalue weighted by atomic mass is 10.00. The zero-order chi connectivity index (χ0) is 12.3. The third-order valence-corrected chi connectivity index (χ3v) is 3.17. The van der Waals surface area contributed by atoms with Gasteiger partial charge >= 0.3 is 0 Å². The van der Waals surface area contributed by atoms with Crippen LogP contribution in [0.5, 0.6) is 0 Å². The predicted octanol–water partition coefficient (Wildman–Crippen LogP) is 2.67. The Labute approximate surface area is 126 Å². The normalized spacial score (nSPS) is 14.3. The zero-order valence-corrected chi connectivity index (χ0v) is 13.7. The Morgan fingerprint density at radius 1 is 1.22 bits per heavy atom. The molecule has 0 spiro atoms. The lowest BCUT2D eigenvalue weighted by Gasteiger charge is -2.18. The highest BCUT2D eigenvalue weighted by Crippen LogP contribution is 2.15. The molecular formula is C14H22IN3. The highest BCUT2D eigenvalue weighted by molar-refractivity contribution is 14.0. The lowest BCUT2D eigenvalue weighted by Crippen LogP contribution is -2.40. The topological polar surface area (TPSA) is 36.4 Å². The van der Waals surface area contributed by atoms with Gasteiger partial charge in [0.15, 0.2) is 5.96 Å². The molecule has 0 unspecified atom stereocenters. The predicted molar refractivity (Wildman–Crippen MR) is 87.8 cm³/mol. The average Bonchev–Trinajstić information content (AvgIpc) is 2.29. The molecule has 2 rings (SSSR count). The van der Waals surface area contributed by atoms with Gasteiger partial charge in [-0.3, -0.25) is 4.99 Å². The molecule has 1 heterocycles.